The van der Waals surface area contributed by atoms with Gasteiger partial charge in [-0.2, -0.15) is 0 Å². The predicted molar refractivity (Wildman–Crippen MR) is 170 cm³/mol. The van der Waals surface area contributed by atoms with Gasteiger partial charge in [0.25, 0.3) is 10.0 Å². The van der Waals surface area contributed by atoms with Crippen LogP contribution in [0.4, 0.5) is 5.69 Å². The first-order chi connectivity index (χ1) is 19.9. The summed E-state index contributed by atoms with van der Waals surface area (Å²) >= 11 is 13.0. The average molecular weight is 633 g/mol. The van der Waals surface area contributed by atoms with Gasteiger partial charge >= 0.3 is 0 Å². The van der Waals surface area contributed by atoms with Crippen LogP contribution in [0, 0.1) is 12.8 Å². The number of halogens is 2. The SMILES string of the molecule is CCc1ccccc1N(CC(=O)N(Cc1c(Cl)cccc1Cl)[C@@H](CC)C(=O)NCC(C)C)S(=O)(=O)c1ccc(C)cc1. The second kappa shape index (κ2) is 14.9. The molecule has 0 aromatic heterocycles. The van der Waals surface area contributed by atoms with Crippen LogP contribution in [0.5, 0.6) is 0 Å². The third-order valence-corrected chi connectivity index (χ3v) is 9.47. The van der Waals surface area contributed by atoms with Crippen LogP contribution >= 0.6 is 23.2 Å². The van der Waals surface area contributed by atoms with Crippen molar-refractivity contribution in [1.29, 1.82) is 0 Å². The maximum Gasteiger partial charge on any atom is 0.264 e. The molecular formula is C32H39Cl2N3O4S. The van der Waals surface area contributed by atoms with Crippen LogP contribution in [0.2, 0.25) is 10.0 Å². The Morgan fingerprint density at radius 1 is 0.905 bits per heavy atom. The number of para-hydroxylation sites is 1. The number of hydrogen-bond acceptors (Lipinski definition) is 4. The first-order valence-electron chi connectivity index (χ1n) is 14.1. The number of aryl methyl sites for hydroxylation is 2. The molecule has 42 heavy (non-hydrogen) atoms. The topological polar surface area (TPSA) is 86.8 Å². The van der Waals surface area contributed by atoms with E-state index >= 15 is 0 Å². The molecule has 2 amide bonds. The number of rotatable bonds is 13. The number of hydrogen-bond donors (Lipinski definition) is 1. The lowest BCUT2D eigenvalue weighted by molar-refractivity contribution is -0.140. The van der Waals surface area contributed by atoms with Gasteiger partial charge in [-0.15, -0.1) is 0 Å². The Kier molecular flexibility index (Phi) is 11.9. The lowest BCUT2D eigenvalue weighted by Gasteiger charge is -2.34. The summed E-state index contributed by atoms with van der Waals surface area (Å²) in [5, 5.41) is 3.61. The highest BCUT2D eigenvalue weighted by Gasteiger charge is 2.34. The monoisotopic (exact) mass is 631 g/mol. The Labute approximate surface area is 259 Å². The van der Waals surface area contributed by atoms with E-state index in [9.17, 15) is 18.0 Å². The molecule has 10 heteroatoms. The van der Waals surface area contributed by atoms with Gasteiger partial charge in [-0.05, 0) is 61.6 Å². The smallest absolute Gasteiger partial charge is 0.264 e. The maximum atomic E-state index is 14.3. The summed E-state index contributed by atoms with van der Waals surface area (Å²) in [4.78, 5) is 29.1. The first kappa shape index (κ1) is 33.4. The van der Waals surface area contributed by atoms with Crippen LogP contribution in [-0.4, -0.2) is 44.3 Å². The second-order valence-corrected chi connectivity index (χ2v) is 13.3. The molecular weight excluding hydrogens is 593 g/mol. The van der Waals surface area contributed by atoms with E-state index < -0.39 is 28.5 Å². The summed E-state index contributed by atoms with van der Waals surface area (Å²) in [6.07, 6.45) is 0.854. The molecule has 0 aliphatic rings. The molecule has 0 saturated carbocycles. The summed E-state index contributed by atoms with van der Waals surface area (Å²) in [5.74, 6) is -0.682. The molecule has 0 aliphatic carbocycles. The van der Waals surface area contributed by atoms with Gasteiger partial charge in [0, 0.05) is 28.7 Å². The highest BCUT2D eigenvalue weighted by Crippen LogP contribution is 2.30. The summed E-state index contributed by atoms with van der Waals surface area (Å²) < 4.78 is 29.4. The lowest BCUT2D eigenvalue weighted by atomic mass is 10.1. The molecule has 1 N–H and O–H groups in total. The van der Waals surface area contributed by atoms with Crippen LogP contribution in [0.25, 0.3) is 0 Å². The molecule has 0 spiro atoms. The van der Waals surface area contributed by atoms with Crippen molar-refractivity contribution in [2.45, 2.75) is 64.9 Å². The van der Waals surface area contributed by atoms with Crippen molar-refractivity contribution in [3.8, 4) is 0 Å². The molecule has 0 radical (unpaired) electrons. The standard InChI is InChI=1S/C32H39Cl2N3O4S/c1-6-24-11-8-9-14-30(24)37(42(40,41)25-17-15-23(5)16-18-25)21-31(38)36(20-26-27(33)12-10-13-28(26)34)29(7-2)32(39)35-19-22(3)4/h8-18,22,29H,6-7,19-21H2,1-5H3,(H,35,39)/t29-/m0/s1. The van der Waals surface area contributed by atoms with E-state index in [1.165, 1.54) is 17.0 Å². The van der Waals surface area contributed by atoms with E-state index in [-0.39, 0.29) is 23.3 Å². The third kappa shape index (κ3) is 8.06. The van der Waals surface area contributed by atoms with Crippen molar-refractivity contribution in [2.75, 3.05) is 17.4 Å². The van der Waals surface area contributed by atoms with Crippen LogP contribution in [0.3, 0.4) is 0 Å². The molecule has 3 rings (SSSR count). The fourth-order valence-corrected chi connectivity index (χ4v) is 6.57. The quantitative estimate of drug-likeness (QED) is 0.229. The van der Waals surface area contributed by atoms with E-state index in [0.29, 0.717) is 40.7 Å². The Morgan fingerprint density at radius 2 is 1.52 bits per heavy atom. The fourth-order valence-electron chi connectivity index (χ4n) is 4.60. The van der Waals surface area contributed by atoms with Gasteiger partial charge in [0.1, 0.15) is 12.6 Å². The molecule has 0 unspecified atom stereocenters. The highest BCUT2D eigenvalue weighted by molar-refractivity contribution is 7.92. The first-order valence-corrected chi connectivity index (χ1v) is 16.3. The van der Waals surface area contributed by atoms with E-state index in [1.54, 1.807) is 49.4 Å². The Balaban J connectivity index is 2.12. The number of nitrogens with zero attached hydrogens (tertiary/aromatic N) is 2. The molecule has 3 aromatic carbocycles. The predicted octanol–water partition coefficient (Wildman–Crippen LogP) is 6.64. The molecule has 0 heterocycles. The normalized spacial score (nSPS) is 12.2. The summed E-state index contributed by atoms with van der Waals surface area (Å²) in [6, 6.07) is 17.8. The fraction of sp³-hybridized carbons (Fsp3) is 0.375. The molecule has 0 aliphatic heterocycles. The molecule has 7 nitrogen and oxygen atoms in total. The molecule has 1 atom stereocenters. The van der Waals surface area contributed by atoms with E-state index in [2.05, 4.69) is 5.32 Å². The largest absolute Gasteiger partial charge is 0.354 e. The lowest BCUT2D eigenvalue weighted by Crippen LogP contribution is -2.52. The van der Waals surface area contributed by atoms with Crippen LogP contribution in [0.15, 0.2) is 71.6 Å². The third-order valence-electron chi connectivity index (χ3n) is 6.99. The second-order valence-electron chi connectivity index (χ2n) is 10.6. The minimum absolute atomic E-state index is 0.0641. The van der Waals surface area contributed by atoms with Crippen LogP contribution < -0.4 is 9.62 Å². The Hall–Kier alpha value is -3.07. The van der Waals surface area contributed by atoms with Gasteiger partial charge in [0.2, 0.25) is 11.8 Å². The highest BCUT2D eigenvalue weighted by atomic mass is 35.5. The maximum absolute atomic E-state index is 14.3. The summed E-state index contributed by atoms with van der Waals surface area (Å²) in [5.41, 5.74) is 2.56. The molecule has 0 fully saturated rings. The zero-order chi connectivity index (χ0) is 31.0. The summed E-state index contributed by atoms with van der Waals surface area (Å²) in [7, 11) is -4.16. The molecule has 0 bridgehead atoms. The van der Waals surface area contributed by atoms with E-state index in [1.807, 2.05) is 39.8 Å². The minimum Gasteiger partial charge on any atom is -0.354 e. The zero-order valence-corrected chi connectivity index (χ0v) is 27.1. The molecule has 0 saturated heterocycles. The number of carbonyl (C=O) groups excluding carboxylic acids is 2. The Bertz CT molecular complexity index is 1470. The number of nitrogens with one attached hydrogen (secondary N) is 1. The van der Waals surface area contributed by atoms with Crippen molar-refractivity contribution < 1.29 is 18.0 Å². The van der Waals surface area contributed by atoms with Gasteiger partial charge in [-0.3, -0.25) is 13.9 Å². The van der Waals surface area contributed by atoms with Crippen LogP contribution in [0.1, 0.15) is 50.8 Å². The Morgan fingerprint density at radius 3 is 2.10 bits per heavy atom. The van der Waals surface area contributed by atoms with Gasteiger partial charge < -0.3 is 10.2 Å². The summed E-state index contributed by atoms with van der Waals surface area (Å²) in [6.45, 7) is 9.40. The number of sulfonamides is 1. The minimum atomic E-state index is -4.16. The van der Waals surface area contributed by atoms with Crippen molar-refractivity contribution in [3.05, 3.63) is 93.5 Å². The van der Waals surface area contributed by atoms with Crippen molar-refractivity contribution >= 4 is 50.7 Å². The van der Waals surface area contributed by atoms with Gasteiger partial charge in [-0.1, -0.05) is 92.9 Å². The number of anilines is 1. The van der Waals surface area contributed by atoms with Gasteiger partial charge in [-0.25, -0.2) is 8.42 Å². The molecule has 3 aromatic rings. The van der Waals surface area contributed by atoms with Crippen LogP contribution in [-0.2, 0) is 32.6 Å². The average Bonchev–Trinajstić information content (AvgIpc) is 2.96. The zero-order valence-electron chi connectivity index (χ0n) is 24.7. The number of benzene rings is 3. The van der Waals surface area contributed by atoms with E-state index in [4.69, 9.17) is 23.2 Å². The van der Waals surface area contributed by atoms with Gasteiger partial charge in [0.15, 0.2) is 0 Å². The van der Waals surface area contributed by atoms with Crippen molar-refractivity contribution in [3.63, 3.8) is 0 Å². The van der Waals surface area contributed by atoms with Gasteiger partial charge in [0.05, 0.1) is 10.6 Å². The van der Waals surface area contributed by atoms with E-state index in [0.717, 1.165) is 15.4 Å². The molecule has 226 valence electrons. The van der Waals surface area contributed by atoms with Crippen molar-refractivity contribution in [1.82, 2.24) is 10.2 Å². The van der Waals surface area contributed by atoms with Crippen molar-refractivity contribution in [2.24, 2.45) is 5.92 Å². The number of amides is 2. The number of carbonyl (C=O) groups is 2.